The molecule has 1 aliphatic rings. The van der Waals surface area contributed by atoms with Gasteiger partial charge in [0, 0.05) is 24.6 Å². The van der Waals surface area contributed by atoms with Crippen molar-refractivity contribution in [1.29, 1.82) is 5.26 Å². The second-order valence-electron chi connectivity index (χ2n) is 3.78. The molecular weight excluding hydrogens is 214 g/mol. The van der Waals surface area contributed by atoms with Crippen molar-refractivity contribution in [3.8, 4) is 6.07 Å². The van der Waals surface area contributed by atoms with Crippen LogP contribution < -0.4 is 4.90 Å². The van der Waals surface area contributed by atoms with Crippen LogP contribution in [0.25, 0.3) is 0 Å². The fraction of sp³-hybridized carbons (Fsp3) is 0.167. The Kier molecular flexibility index (Phi) is 2.19. The molecule has 0 radical (unpaired) electrons. The molecular formula is C12H9N5. The van der Waals surface area contributed by atoms with Crippen molar-refractivity contribution in [2.24, 2.45) is 0 Å². The summed E-state index contributed by atoms with van der Waals surface area (Å²) in [6, 6.07) is 3.94. The summed E-state index contributed by atoms with van der Waals surface area (Å²) in [6.07, 6.45) is 7.74. The van der Waals surface area contributed by atoms with Crippen LogP contribution >= 0.6 is 0 Å². The zero-order valence-electron chi connectivity index (χ0n) is 9.04. The summed E-state index contributed by atoms with van der Waals surface area (Å²) >= 11 is 0. The lowest BCUT2D eigenvalue weighted by Crippen LogP contribution is -2.15. The second-order valence-corrected chi connectivity index (χ2v) is 3.78. The van der Waals surface area contributed by atoms with Crippen LogP contribution in [-0.2, 0) is 6.42 Å². The SMILES string of the molecule is N#Cc1cnc(N2CCc3cnccc32)cn1. The molecule has 0 atom stereocenters. The van der Waals surface area contributed by atoms with Gasteiger partial charge in [-0.15, -0.1) is 0 Å². The summed E-state index contributed by atoms with van der Waals surface area (Å²) < 4.78 is 0. The van der Waals surface area contributed by atoms with Gasteiger partial charge in [0.15, 0.2) is 11.5 Å². The van der Waals surface area contributed by atoms with Crippen LogP contribution in [0.15, 0.2) is 30.9 Å². The Balaban J connectivity index is 1.99. The van der Waals surface area contributed by atoms with E-state index in [1.165, 1.54) is 11.8 Å². The molecule has 0 N–H and O–H groups in total. The van der Waals surface area contributed by atoms with Crippen molar-refractivity contribution in [1.82, 2.24) is 15.0 Å². The van der Waals surface area contributed by atoms with E-state index in [-0.39, 0.29) is 0 Å². The Morgan fingerprint density at radius 1 is 1.24 bits per heavy atom. The van der Waals surface area contributed by atoms with Crippen molar-refractivity contribution in [2.45, 2.75) is 6.42 Å². The third-order valence-electron chi connectivity index (χ3n) is 2.80. The number of anilines is 2. The topological polar surface area (TPSA) is 65.7 Å². The lowest BCUT2D eigenvalue weighted by Gasteiger charge is -2.17. The van der Waals surface area contributed by atoms with E-state index in [9.17, 15) is 0 Å². The summed E-state index contributed by atoms with van der Waals surface area (Å²) in [5.74, 6) is 0.772. The van der Waals surface area contributed by atoms with Crippen molar-refractivity contribution in [2.75, 3.05) is 11.4 Å². The van der Waals surface area contributed by atoms with Crippen LogP contribution in [0, 0.1) is 11.3 Å². The molecule has 0 fully saturated rings. The van der Waals surface area contributed by atoms with Crippen molar-refractivity contribution in [3.63, 3.8) is 0 Å². The molecule has 0 spiro atoms. The predicted octanol–water partition coefficient (Wildman–Crippen LogP) is 1.44. The molecule has 0 unspecified atom stereocenters. The first-order valence-electron chi connectivity index (χ1n) is 5.31. The lowest BCUT2D eigenvalue weighted by molar-refractivity contribution is 0.961. The van der Waals surface area contributed by atoms with Gasteiger partial charge in [-0.1, -0.05) is 0 Å². The summed E-state index contributed by atoms with van der Waals surface area (Å²) in [5.41, 5.74) is 2.68. The van der Waals surface area contributed by atoms with Crippen LogP contribution in [0.3, 0.4) is 0 Å². The number of nitrogens with zero attached hydrogens (tertiary/aromatic N) is 5. The smallest absolute Gasteiger partial charge is 0.158 e. The Morgan fingerprint density at radius 3 is 2.94 bits per heavy atom. The fourth-order valence-corrected chi connectivity index (χ4v) is 1.98. The van der Waals surface area contributed by atoms with Gasteiger partial charge < -0.3 is 4.90 Å². The molecule has 17 heavy (non-hydrogen) atoms. The first-order valence-corrected chi connectivity index (χ1v) is 5.31. The number of fused-ring (bicyclic) bond motifs is 1. The van der Waals surface area contributed by atoms with Gasteiger partial charge in [-0.2, -0.15) is 5.26 Å². The van der Waals surface area contributed by atoms with Crippen molar-refractivity contribution in [3.05, 3.63) is 42.1 Å². The Labute approximate surface area is 98.4 Å². The van der Waals surface area contributed by atoms with E-state index in [0.717, 1.165) is 24.5 Å². The van der Waals surface area contributed by atoms with Crippen LogP contribution in [-0.4, -0.2) is 21.5 Å². The van der Waals surface area contributed by atoms with Crippen LogP contribution in [0.1, 0.15) is 11.3 Å². The minimum atomic E-state index is 0.336. The number of aromatic nitrogens is 3. The average molecular weight is 223 g/mol. The molecule has 3 rings (SSSR count). The molecule has 2 aromatic heterocycles. The highest BCUT2D eigenvalue weighted by Gasteiger charge is 2.21. The van der Waals surface area contributed by atoms with Crippen LogP contribution in [0.2, 0.25) is 0 Å². The van der Waals surface area contributed by atoms with Crippen LogP contribution in [0.5, 0.6) is 0 Å². The van der Waals surface area contributed by atoms with Gasteiger partial charge in [0.1, 0.15) is 6.07 Å². The molecule has 0 bridgehead atoms. The maximum absolute atomic E-state index is 8.68. The second kappa shape index (κ2) is 3.83. The van der Waals surface area contributed by atoms with Crippen molar-refractivity contribution < 1.29 is 0 Å². The number of pyridine rings is 1. The Morgan fingerprint density at radius 2 is 2.18 bits per heavy atom. The minimum absolute atomic E-state index is 0.336. The molecule has 0 aliphatic carbocycles. The van der Waals surface area contributed by atoms with E-state index in [4.69, 9.17) is 5.26 Å². The maximum atomic E-state index is 8.68. The van der Waals surface area contributed by atoms with Gasteiger partial charge in [-0.3, -0.25) is 4.98 Å². The van der Waals surface area contributed by atoms with E-state index >= 15 is 0 Å². The number of hydrogen-bond acceptors (Lipinski definition) is 5. The molecule has 1 aliphatic heterocycles. The average Bonchev–Trinajstić information content (AvgIpc) is 2.83. The van der Waals surface area contributed by atoms with E-state index in [2.05, 4.69) is 19.9 Å². The van der Waals surface area contributed by atoms with Gasteiger partial charge in [-0.05, 0) is 18.1 Å². The zero-order chi connectivity index (χ0) is 11.7. The highest BCUT2D eigenvalue weighted by molar-refractivity contribution is 5.66. The van der Waals surface area contributed by atoms with E-state index < -0.39 is 0 Å². The first kappa shape index (κ1) is 9.73. The zero-order valence-corrected chi connectivity index (χ0v) is 9.04. The summed E-state index contributed by atoms with van der Waals surface area (Å²) in [6.45, 7) is 0.877. The van der Waals surface area contributed by atoms with Crippen molar-refractivity contribution >= 4 is 11.5 Å². The molecule has 0 saturated heterocycles. The van der Waals surface area contributed by atoms with Gasteiger partial charge in [0.25, 0.3) is 0 Å². The Bertz CT molecular complexity index is 585. The molecule has 0 aromatic carbocycles. The number of hydrogen-bond donors (Lipinski definition) is 0. The molecule has 5 heteroatoms. The number of nitriles is 1. The first-order chi connectivity index (χ1) is 8.38. The van der Waals surface area contributed by atoms with Gasteiger partial charge in [-0.25, -0.2) is 9.97 Å². The van der Waals surface area contributed by atoms with Crippen LogP contribution in [0.4, 0.5) is 11.5 Å². The standard InChI is InChI=1S/C12H9N5/c13-5-10-7-16-12(8-15-10)17-4-2-9-6-14-3-1-11(9)17/h1,3,6-8H,2,4H2. The molecule has 0 saturated carbocycles. The summed E-state index contributed by atoms with van der Waals surface area (Å²) in [7, 11) is 0. The summed E-state index contributed by atoms with van der Waals surface area (Å²) in [4.78, 5) is 14.5. The monoisotopic (exact) mass is 223 g/mol. The van der Waals surface area contributed by atoms with Gasteiger partial charge >= 0.3 is 0 Å². The van der Waals surface area contributed by atoms with Gasteiger partial charge in [0.05, 0.1) is 12.4 Å². The van der Waals surface area contributed by atoms with E-state index in [0.29, 0.717) is 5.69 Å². The molecule has 2 aromatic rings. The molecule has 3 heterocycles. The predicted molar refractivity (Wildman–Crippen MR) is 61.7 cm³/mol. The summed E-state index contributed by atoms with van der Waals surface area (Å²) in [5, 5.41) is 8.68. The Hall–Kier alpha value is -2.48. The third kappa shape index (κ3) is 1.60. The quantitative estimate of drug-likeness (QED) is 0.731. The molecule has 5 nitrogen and oxygen atoms in total. The fourth-order valence-electron chi connectivity index (χ4n) is 1.98. The highest BCUT2D eigenvalue weighted by atomic mass is 15.2. The highest BCUT2D eigenvalue weighted by Crippen LogP contribution is 2.31. The van der Waals surface area contributed by atoms with Gasteiger partial charge in [0.2, 0.25) is 0 Å². The van der Waals surface area contributed by atoms with E-state index in [1.54, 1.807) is 12.4 Å². The molecule has 0 amide bonds. The minimum Gasteiger partial charge on any atom is -0.324 e. The third-order valence-corrected chi connectivity index (χ3v) is 2.80. The number of rotatable bonds is 1. The maximum Gasteiger partial charge on any atom is 0.158 e. The van der Waals surface area contributed by atoms with E-state index in [1.807, 2.05) is 18.3 Å². The largest absolute Gasteiger partial charge is 0.324 e. The lowest BCUT2D eigenvalue weighted by atomic mass is 10.2. The normalized spacial score (nSPS) is 13.2. The molecule has 82 valence electrons.